The molecule has 0 aliphatic heterocycles. The Morgan fingerprint density at radius 3 is 2.45 bits per heavy atom. The first-order valence-corrected chi connectivity index (χ1v) is 8.60. The Kier molecular flexibility index (Phi) is 6.80. The van der Waals surface area contributed by atoms with Crippen LogP contribution in [0.4, 0.5) is 0 Å². The van der Waals surface area contributed by atoms with E-state index in [0.717, 1.165) is 36.7 Å². The number of pyridine rings is 1. The highest BCUT2D eigenvalue weighted by molar-refractivity contribution is 7.99. The summed E-state index contributed by atoms with van der Waals surface area (Å²) in [5.41, 5.74) is 2.48. The Labute approximate surface area is 137 Å². The Balaban J connectivity index is 1.80. The lowest BCUT2D eigenvalue weighted by molar-refractivity contribution is 0.330. The zero-order valence-corrected chi connectivity index (χ0v) is 14.4. The maximum absolute atomic E-state index is 4.45. The lowest BCUT2D eigenvalue weighted by Gasteiger charge is -2.16. The van der Waals surface area contributed by atoms with Crippen molar-refractivity contribution in [1.29, 1.82) is 0 Å². The number of hydrogen-bond acceptors (Lipinski definition) is 5. The molecular weight excluding hydrogens is 292 g/mol. The minimum Gasteiger partial charge on any atom is -0.302 e. The van der Waals surface area contributed by atoms with Gasteiger partial charge in [-0.15, -0.1) is 0 Å². The molecule has 2 heterocycles. The maximum Gasteiger partial charge on any atom is 0.187 e. The number of aromatic nitrogens is 3. The molecule has 4 nitrogen and oxygen atoms in total. The van der Waals surface area contributed by atoms with Crippen molar-refractivity contribution in [2.24, 2.45) is 0 Å². The summed E-state index contributed by atoms with van der Waals surface area (Å²) in [5, 5.41) is 1.44. The van der Waals surface area contributed by atoms with E-state index in [4.69, 9.17) is 0 Å². The first-order valence-electron chi connectivity index (χ1n) is 7.72. The van der Waals surface area contributed by atoms with Crippen LogP contribution < -0.4 is 0 Å². The standard InChI is InChI=1S/C17H24N4S/c1-4-14(2)22-17-19-11-16(12-20-17)13-21(3)10-7-15-5-8-18-9-6-15/h5-6,8-9,11-12,14H,4,7,10,13H2,1-3H3/t14-/m1/s1. The van der Waals surface area contributed by atoms with E-state index in [1.807, 2.05) is 24.8 Å². The van der Waals surface area contributed by atoms with Gasteiger partial charge in [-0.05, 0) is 37.6 Å². The third-order valence-corrected chi connectivity index (χ3v) is 4.70. The van der Waals surface area contributed by atoms with Gasteiger partial charge in [0.2, 0.25) is 0 Å². The molecular formula is C17H24N4S. The highest BCUT2D eigenvalue weighted by atomic mass is 32.2. The fraction of sp³-hybridized carbons (Fsp3) is 0.471. The largest absolute Gasteiger partial charge is 0.302 e. The highest BCUT2D eigenvalue weighted by Crippen LogP contribution is 2.20. The van der Waals surface area contributed by atoms with Crippen molar-refractivity contribution in [3.8, 4) is 0 Å². The molecule has 0 aliphatic rings. The van der Waals surface area contributed by atoms with Crippen molar-refractivity contribution in [2.75, 3.05) is 13.6 Å². The second kappa shape index (κ2) is 8.86. The van der Waals surface area contributed by atoms with E-state index in [0.29, 0.717) is 5.25 Å². The summed E-state index contributed by atoms with van der Waals surface area (Å²) < 4.78 is 0. The number of likely N-dealkylation sites (N-methyl/N-ethyl adjacent to an activating group) is 1. The van der Waals surface area contributed by atoms with Crippen LogP contribution in [0.5, 0.6) is 0 Å². The van der Waals surface area contributed by atoms with Gasteiger partial charge in [-0.2, -0.15) is 0 Å². The second-order valence-electron chi connectivity index (χ2n) is 5.55. The molecule has 22 heavy (non-hydrogen) atoms. The molecule has 2 rings (SSSR count). The van der Waals surface area contributed by atoms with Crippen LogP contribution in [0.2, 0.25) is 0 Å². The smallest absolute Gasteiger partial charge is 0.187 e. The van der Waals surface area contributed by atoms with E-state index < -0.39 is 0 Å². The molecule has 0 unspecified atom stereocenters. The molecule has 0 fully saturated rings. The van der Waals surface area contributed by atoms with Crippen molar-refractivity contribution in [3.63, 3.8) is 0 Å². The van der Waals surface area contributed by atoms with Crippen LogP contribution in [0, 0.1) is 0 Å². The van der Waals surface area contributed by atoms with Crippen LogP contribution in [0.25, 0.3) is 0 Å². The summed E-state index contributed by atoms with van der Waals surface area (Å²) in [6.07, 6.45) is 9.74. The van der Waals surface area contributed by atoms with Crippen molar-refractivity contribution >= 4 is 11.8 Å². The second-order valence-corrected chi connectivity index (χ2v) is 6.96. The minimum absolute atomic E-state index is 0.564. The average molecular weight is 316 g/mol. The Bertz CT molecular complexity index is 544. The minimum atomic E-state index is 0.564. The van der Waals surface area contributed by atoms with Gasteiger partial charge >= 0.3 is 0 Å². The average Bonchev–Trinajstić information content (AvgIpc) is 2.55. The summed E-state index contributed by atoms with van der Waals surface area (Å²) in [6.45, 7) is 6.27. The van der Waals surface area contributed by atoms with Crippen molar-refractivity contribution < 1.29 is 0 Å². The molecule has 1 atom stereocenters. The van der Waals surface area contributed by atoms with E-state index in [2.05, 4.69) is 52.9 Å². The third kappa shape index (κ3) is 5.73. The van der Waals surface area contributed by atoms with Crippen molar-refractivity contribution in [1.82, 2.24) is 19.9 Å². The summed E-state index contributed by atoms with van der Waals surface area (Å²) in [4.78, 5) is 15.2. The van der Waals surface area contributed by atoms with Gasteiger partial charge in [-0.25, -0.2) is 9.97 Å². The van der Waals surface area contributed by atoms with Gasteiger partial charge in [-0.3, -0.25) is 4.98 Å². The normalized spacial score (nSPS) is 12.5. The van der Waals surface area contributed by atoms with Crippen molar-refractivity contribution in [3.05, 3.63) is 48.0 Å². The molecule has 0 bridgehead atoms. The van der Waals surface area contributed by atoms with Crippen molar-refractivity contribution in [2.45, 2.75) is 43.6 Å². The van der Waals surface area contributed by atoms with E-state index in [1.165, 1.54) is 5.56 Å². The molecule has 0 saturated carbocycles. The van der Waals surface area contributed by atoms with Crippen LogP contribution in [0.1, 0.15) is 31.4 Å². The molecule has 0 saturated heterocycles. The summed E-state index contributed by atoms with van der Waals surface area (Å²) in [5.74, 6) is 0. The van der Waals surface area contributed by atoms with Gasteiger partial charge in [0.15, 0.2) is 5.16 Å². The lowest BCUT2D eigenvalue weighted by Crippen LogP contribution is -2.21. The number of nitrogens with zero attached hydrogens (tertiary/aromatic N) is 4. The molecule has 0 amide bonds. The summed E-state index contributed by atoms with van der Waals surface area (Å²) >= 11 is 1.74. The Morgan fingerprint density at radius 1 is 1.14 bits per heavy atom. The van der Waals surface area contributed by atoms with E-state index in [1.54, 1.807) is 11.8 Å². The van der Waals surface area contributed by atoms with Gasteiger partial charge in [-0.1, -0.05) is 25.6 Å². The molecule has 0 N–H and O–H groups in total. The fourth-order valence-electron chi connectivity index (χ4n) is 2.01. The number of thioether (sulfide) groups is 1. The van der Waals surface area contributed by atoms with Gasteiger partial charge in [0.1, 0.15) is 0 Å². The maximum atomic E-state index is 4.45. The van der Waals surface area contributed by atoms with Crippen LogP contribution in [0.15, 0.2) is 42.1 Å². The van der Waals surface area contributed by atoms with E-state index in [-0.39, 0.29) is 0 Å². The quantitative estimate of drug-likeness (QED) is 0.551. The topological polar surface area (TPSA) is 41.9 Å². The highest BCUT2D eigenvalue weighted by Gasteiger charge is 2.06. The zero-order chi connectivity index (χ0) is 15.8. The molecule has 118 valence electrons. The molecule has 0 aromatic carbocycles. The van der Waals surface area contributed by atoms with Gasteiger partial charge in [0.25, 0.3) is 0 Å². The molecule has 0 radical (unpaired) electrons. The number of rotatable bonds is 8. The van der Waals surface area contributed by atoms with Gasteiger partial charge in [0, 0.05) is 48.7 Å². The monoisotopic (exact) mass is 316 g/mol. The van der Waals surface area contributed by atoms with Crippen LogP contribution >= 0.6 is 11.8 Å². The first kappa shape index (κ1) is 16.9. The molecule has 2 aromatic rings. The predicted octanol–water partition coefficient (Wildman–Crippen LogP) is 3.44. The molecule has 2 aromatic heterocycles. The summed E-state index contributed by atoms with van der Waals surface area (Å²) in [6, 6.07) is 4.13. The Morgan fingerprint density at radius 2 is 1.82 bits per heavy atom. The SMILES string of the molecule is CC[C@@H](C)Sc1ncc(CN(C)CCc2ccncc2)cn1. The molecule has 5 heteroatoms. The number of hydrogen-bond donors (Lipinski definition) is 0. The molecule has 0 aliphatic carbocycles. The van der Waals surface area contributed by atoms with E-state index >= 15 is 0 Å². The van der Waals surface area contributed by atoms with Gasteiger partial charge in [0.05, 0.1) is 0 Å². The lowest BCUT2D eigenvalue weighted by atomic mass is 10.2. The van der Waals surface area contributed by atoms with Crippen LogP contribution in [0.3, 0.4) is 0 Å². The predicted molar refractivity (Wildman–Crippen MR) is 91.9 cm³/mol. The fourth-order valence-corrected chi connectivity index (χ4v) is 2.76. The third-order valence-electron chi connectivity index (χ3n) is 3.55. The van der Waals surface area contributed by atoms with E-state index in [9.17, 15) is 0 Å². The Hall–Kier alpha value is -1.46. The zero-order valence-electron chi connectivity index (χ0n) is 13.6. The summed E-state index contributed by atoms with van der Waals surface area (Å²) in [7, 11) is 2.13. The van der Waals surface area contributed by atoms with Gasteiger partial charge < -0.3 is 4.90 Å². The van der Waals surface area contributed by atoms with Crippen LogP contribution in [-0.4, -0.2) is 38.7 Å². The first-order chi connectivity index (χ1) is 10.7. The molecule has 0 spiro atoms. The van der Waals surface area contributed by atoms with Crippen LogP contribution in [-0.2, 0) is 13.0 Å².